The largest absolute Gasteiger partial charge is 0.464 e. The Balaban J connectivity index is 1.84. The van der Waals surface area contributed by atoms with E-state index in [0.717, 1.165) is 11.3 Å². The molecule has 0 aromatic heterocycles. The fraction of sp³-hybridized carbons (Fsp3) is 0.588. The lowest BCUT2D eigenvalue weighted by Gasteiger charge is -2.23. The van der Waals surface area contributed by atoms with Crippen LogP contribution >= 0.6 is 11.6 Å². The Kier molecular flexibility index (Phi) is 5.92. The lowest BCUT2D eigenvalue weighted by Crippen LogP contribution is -2.30. The highest BCUT2D eigenvalue weighted by Crippen LogP contribution is 2.26. The number of hydrogen-bond donors (Lipinski definition) is 1. The third-order valence-electron chi connectivity index (χ3n) is 4.12. The minimum absolute atomic E-state index is 0.208. The van der Waals surface area contributed by atoms with Gasteiger partial charge in [0, 0.05) is 0 Å². The number of para-hydroxylation sites is 1. The maximum absolute atomic E-state index is 12.1. The molecule has 116 valence electrons. The van der Waals surface area contributed by atoms with Gasteiger partial charge in [-0.05, 0) is 44.2 Å². The molecule has 1 aliphatic carbocycles. The molecule has 0 heterocycles. The van der Waals surface area contributed by atoms with Crippen LogP contribution in [0.5, 0.6) is 0 Å². The molecule has 4 heteroatoms. The van der Waals surface area contributed by atoms with Gasteiger partial charge >= 0.3 is 5.97 Å². The normalized spacial score (nSPS) is 17.3. The summed E-state index contributed by atoms with van der Waals surface area (Å²) in [7, 11) is 0. The zero-order valence-corrected chi connectivity index (χ0v) is 13.6. The van der Waals surface area contributed by atoms with Crippen molar-refractivity contribution >= 4 is 23.3 Å². The quantitative estimate of drug-likeness (QED) is 0.810. The van der Waals surface area contributed by atoms with E-state index in [1.54, 1.807) is 0 Å². The molecule has 1 fully saturated rings. The van der Waals surface area contributed by atoms with Gasteiger partial charge < -0.3 is 10.1 Å². The predicted octanol–water partition coefficient (Wildman–Crippen LogP) is 4.57. The Morgan fingerprint density at radius 2 is 2.10 bits per heavy atom. The van der Waals surface area contributed by atoms with E-state index in [1.807, 2.05) is 32.0 Å². The van der Waals surface area contributed by atoms with E-state index in [0.29, 0.717) is 17.5 Å². The first-order valence-corrected chi connectivity index (χ1v) is 8.14. The maximum atomic E-state index is 12.1. The van der Waals surface area contributed by atoms with E-state index < -0.39 is 6.04 Å². The molecule has 1 saturated carbocycles. The van der Waals surface area contributed by atoms with E-state index in [1.165, 1.54) is 32.1 Å². The minimum Gasteiger partial charge on any atom is -0.464 e. The molecule has 1 N–H and O–H groups in total. The Morgan fingerprint density at radius 1 is 1.38 bits per heavy atom. The molecule has 0 radical (unpaired) electrons. The van der Waals surface area contributed by atoms with Gasteiger partial charge in [0.05, 0.1) is 17.3 Å². The van der Waals surface area contributed by atoms with Gasteiger partial charge in [0.2, 0.25) is 0 Å². The molecular formula is C17H24ClNO2. The molecule has 1 atom stereocenters. The van der Waals surface area contributed by atoms with Crippen LogP contribution in [-0.4, -0.2) is 18.6 Å². The van der Waals surface area contributed by atoms with Crippen LogP contribution in [0.2, 0.25) is 5.02 Å². The van der Waals surface area contributed by atoms with Crippen molar-refractivity contribution in [3.63, 3.8) is 0 Å². The van der Waals surface area contributed by atoms with Gasteiger partial charge in [-0.1, -0.05) is 43.0 Å². The van der Waals surface area contributed by atoms with Crippen molar-refractivity contribution < 1.29 is 9.53 Å². The first kappa shape index (κ1) is 16.2. The zero-order valence-electron chi connectivity index (χ0n) is 12.8. The smallest absolute Gasteiger partial charge is 0.328 e. The van der Waals surface area contributed by atoms with Crippen molar-refractivity contribution in [3.05, 3.63) is 28.8 Å². The van der Waals surface area contributed by atoms with Crippen LogP contribution in [0.1, 0.15) is 44.6 Å². The first-order valence-electron chi connectivity index (χ1n) is 7.76. The van der Waals surface area contributed by atoms with Crippen molar-refractivity contribution in [2.24, 2.45) is 5.92 Å². The maximum Gasteiger partial charge on any atom is 0.328 e. The van der Waals surface area contributed by atoms with Gasteiger partial charge in [0.25, 0.3) is 0 Å². The van der Waals surface area contributed by atoms with Crippen LogP contribution in [0, 0.1) is 12.8 Å². The van der Waals surface area contributed by atoms with Gasteiger partial charge in [-0.15, -0.1) is 0 Å². The summed E-state index contributed by atoms with van der Waals surface area (Å²) in [5.74, 6) is 0.330. The third-order valence-corrected chi connectivity index (χ3v) is 4.44. The fourth-order valence-electron chi connectivity index (χ4n) is 2.77. The summed E-state index contributed by atoms with van der Waals surface area (Å²) in [6.45, 7) is 4.33. The van der Waals surface area contributed by atoms with Crippen LogP contribution in [0.4, 0.5) is 5.69 Å². The van der Waals surface area contributed by atoms with Crippen molar-refractivity contribution in [2.75, 3.05) is 11.9 Å². The standard InChI is InChI=1S/C17H24ClNO2/c1-12-7-6-10-15(18)16(12)19-13(2)17(20)21-11-14-8-4-3-5-9-14/h6-7,10,13-14,19H,3-5,8-9,11H2,1-2H3. The summed E-state index contributed by atoms with van der Waals surface area (Å²) in [6, 6.07) is 5.28. The molecule has 0 bridgehead atoms. The Hall–Kier alpha value is -1.22. The van der Waals surface area contributed by atoms with Crippen molar-refractivity contribution in [2.45, 2.75) is 52.0 Å². The molecule has 0 amide bonds. The molecule has 1 aromatic carbocycles. The second-order valence-corrected chi connectivity index (χ2v) is 6.34. The zero-order chi connectivity index (χ0) is 15.2. The SMILES string of the molecule is Cc1cccc(Cl)c1NC(C)C(=O)OCC1CCCCC1. The number of carbonyl (C=O) groups excluding carboxylic acids is 1. The van der Waals surface area contributed by atoms with Crippen LogP contribution in [0.25, 0.3) is 0 Å². The highest BCUT2D eigenvalue weighted by molar-refractivity contribution is 6.33. The molecule has 0 spiro atoms. The average Bonchev–Trinajstić information content (AvgIpc) is 2.49. The lowest BCUT2D eigenvalue weighted by atomic mass is 9.90. The van der Waals surface area contributed by atoms with Gasteiger partial charge in [0.1, 0.15) is 6.04 Å². The number of ether oxygens (including phenoxy) is 1. The van der Waals surface area contributed by atoms with Crippen LogP contribution in [0.3, 0.4) is 0 Å². The number of aryl methyl sites for hydroxylation is 1. The van der Waals surface area contributed by atoms with Gasteiger partial charge in [-0.25, -0.2) is 4.79 Å². The molecule has 2 rings (SSSR count). The molecule has 1 aromatic rings. The second kappa shape index (κ2) is 7.69. The second-order valence-electron chi connectivity index (χ2n) is 5.93. The topological polar surface area (TPSA) is 38.3 Å². The summed E-state index contributed by atoms with van der Waals surface area (Å²) in [4.78, 5) is 12.1. The minimum atomic E-state index is -0.396. The number of anilines is 1. The Labute approximate surface area is 132 Å². The molecular weight excluding hydrogens is 286 g/mol. The molecule has 3 nitrogen and oxygen atoms in total. The van der Waals surface area contributed by atoms with Gasteiger partial charge in [-0.2, -0.15) is 0 Å². The first-order chi connectivity index (χ1) is 10.1. The number of halogens is 1. The van der Waals surface area contributed by atoms with Crippen LogP contribution < -0.4 is 5.32 Å². The van der Waals surface area contributed by atoms with Crippen molar-refractivity contribution in [3.8, 4) is 0 Å². The monoisotopic (exact) mass is 309 g/mol. The highest BCUT2D eigenvalue weighted by atomic mass is 35.5. The summed E-state index contributed by atoms with van der Waals surface area (Å²) in [6.07, 6.45) is 6.19. The summed E-state index contributed by atoms with van der Waals surface area (Å²) in [5, 5.41) is 3.79. The third kappa shape index (κ3) is 4.63. The summed E-state index contributed by atoms with van der Waals surface area (Å²) >= 11 is 6.16. The Morgan fingerprint density at radius 3 is 2.76 bits per heavy atom. The van der Waals surface area contributed by atoms with Crippen molar-refractivity contribution in [1.82, 2.24) is 0 Å². The fourth-order valence-corrected chi connectivity index (χ4v) is 3.05. The Bertz CT molecular complexity index is 463. The number of carbonyl (C=O) groups is 1. The molecule has 0 saturated heterocycles. The van der Waals surface area contributed by atoms with E-state index >= 15 is 0 Å². The van der Waals surface area contributed by atoms with Gasteiger partial charge in [-0.3, -0.25) is 0 Å². The van der Waals surface area contributed by atoms with Crippen LogP contribution in [0.15, 0.2) is 18.2 Å². The van der Waals surface area contributed by atoms with E-state index in [2.05, 4.69) is 5.32 Å². The number of esters is 1. The number of hydrogen-bond acceptors (Lipinski definition) is 3. The molecule has 1 aliphatic rings. The van der Waals surface area contributed by atoms with Crippen LogP contribution in [-0.2, 0) is 9.53 Å². The molecule has 21 heavy (non-hydrogen) atoms. The highest BCUT2D eigenvalue weighted by Gasteiger charge is 2.20. The summed E-state index contributed by atoms with van der Waals surface area (Å²) < 4.78 is 5.45. The summed E-state index contributed by atoms with van der Waals surface area (Å²) in [5.41, 5.74) is 1.83. The number of nitrogens with one attached hydrogen (secondary N) is 1. The average molecular weight is 310 g/mol. The lowest BCUT2D eigenvalue weighted by molar-refractivity contribution is -0.145. The number of rotatable bonds is 5. The number of benzene rings is 1. The van der Waals surface area contributed by atoms with E-state index in [9.17, 15) is 4.79 Å². The van der Waals surface area contributed by atoms with E-state index in [4.69, 9.17) is 16.3 Å². The van der Waals surface area contributed by atoms with E-state index in [-0.39, 0.29) is 5.97 Å². The molecule has 1 unspecified atom stereocenters. The molecule has 0 aliphatic heterocycles. The van der Waals surface area contributed by atoms with Gasteiger partial charge in [0.15, 0.2) is 0 Å². The van der Waals surface area contributed by atoms with Crippen molar-refractivity contribution in [1.29, 1.82) is 0 Å². The predicted molar refractivity (Wildman–Crippen MR) is 86.8 cm³/mol.